The predicted octanol–water partition coefficient (Wildman–Crippen LogP) is 3.99. The van der Waals surface area contributed by atoms with Gasteiger partial charge in [0.25, 0.3) is 0 Å². The van der Waals surface area contributed by atoms with Gasteiger partial charge in [-0.15, -0.1) is 0 Å². The first-order valence-electron chi connectivity index (χ1n) is 5.99. The molecule has 1 aliphatic heterocycles. The van der Waals surface area contributed by atoms with Crippen LogP contribution in [0.4, 0.5) is 4.39 Å². The molecule has 2 atom stereocenters. The molecule has 94 valence electrons. The number of halogens is 2. The van der Waals surface area contributed by atoms with E-state index in [0.717, 1.165) is 17.9 Å². The fraction of sp³-hybridized carbons (Fsp3) is 0.538. The van der Waals surface area contributed by atoms with Crippen molar-refractivity contribution in [1.29, 1.82) is 0 Å². The van der Waals surface area contributed by atoms with Crippen molar-refractivity contribution < 1.29 is 4.39 Å². The molecular weight excluding hydrogens is 301 g/mol. The Hall–Kier alpha value is -0.0600. The highest BCUT2D eigenvalue weighted by Crippen LogP contribution is 2.36. The SMILES string of the molecule is CCNC(c1cccc(Br)c1F)C1CCSC1. The molecule has 1 nitrogen and oxygen atoms in total. The monoisotopic (exact) mass is 317 g/mol. The molecule has 1 aromatic carbocycles. The van der Waals surface area contributed by atoms with E-state index < -0.39 is 0 Å². The third-order valence-electron chi connectivity index (χ3n) is 3.18. The smallest absolute Gasteiger partial charge is 0.142 e. The Labute approximate surface area is 115 Å². The average Bonchev–Trinajstić information content (AvgIpc) is 2.84. The zero-order valence-corrected chi connectivity index (χ0v) is 12.3. The molecule has 0 aromatic heterocycles. The number of hydrogen-bond acceptors (Lipinski definition) is 2. The van der Waals surface area contributed by atoms with Gasteiger partial charge in [-0.1, -0.05) is 19.1 Å². The summed E-state index contributed by atoms with van der Waals surface area (Å²) in [6.45, 7) is 2.95. The number of hydrogen-bond donors (Lipinski definition) is 1. The second-order valence-electron chi connectivity index (χ2n) is 4.30. The van der Waals surface area contributed by atoms with Crippen LogP contribution in [0.25, 0.3) is 0 Å². The highest BCUT2D eigenvalue weighted by molar-refractivity contribution is 9.10. The van der Waals surface area contributed by atoms with E-state index in [-0.39, 0.29) is 11.9 Å². The summed E-state index contributed by atoms with van der Waals surface area (Å²) in [5, 5.41) is 3.43. The van der Waals surface area contributed by atoms with Crippen LogP contribution in [0.15, 0.2) is 22.7 Å². The van der Waals surface area contributed by atoms with Gasteiger partial charge in [-0.3, -0.25) is 0 Å². The fourth-order valence-electron chi connectivity index (χ4n) is 2.33. The number of thioether (sulfide) groups is 1. The molecule has 1 saturated heterocycles. The van der Waals surface area contributed by atoms with Crippen molar-refractivity contribution >= 4 is 27.7 Å². The summed E-state index contributed by atoms with van der Waals surface area (Å²) < 4.78 is 14.7. The zero-order valence-electron chi connectivity index (χ0n) is 9.88. The molecule has 4 heteroatoms. The van der Waals surface area contributed by atoms with Gasteiger partial charge in [-0.2, -0.15) is 11.8 Å². The summed E-state index contributed by atoms with van der Waals surface area (Å²) in [6.07, 6.45) is 1.17. The Bertz CT molecular complexity index is 380. The van der Waals surface area contributed by atoms with Gasteiger partial charge in [-0.25, -0.2) is 4.39 Å². The molecule has 1 fully saturated rings. The van der Waals surface area contributed by atoms with Crippen LogP contribution in [0, 0.1) is 11.7 Å². The van der Waals surface area contributed by atoms with Crippen molar-refractivity contribution in [3.8, 4) is 0 Å². The van der Waals surface area contributed by atoms with Crippen molar-refractivity contribution in [3.05, 3.63) is 34.1 Å². The molecule has 0 saturated carbocycles. The van der Waals surface area contributed by atoms with Gasteiger partial charge in [0.1, 0.15) is 5.82 Å². The number of rotatable bonds is 4. The predicted molar refractivity (Wildman–Crippen MR) is 75.9 cm³/mol. The maximum Gasteiger partial charge on any atom is 0.142 e. The van der Waals surface area contributed by atoms with E-state index in [4.69, 9.17) is 0 Å². The van der Waals surface area contributed by atoms with Crippen molar-refractivity contribution in [2.75, 3.05) is 18.1 Å². The topological polar surface area (TPSA) is 12.0 Å². The van der Waals surface area contributed by atoms with Crippen LogP contribution < -0.4 is 5.32 Å². The minimum atomic E-state index is -0.115. The van der Waals surface area contributed by atoms with Crippen LogP contribution in [-0.2, 0) is 0 Å². The lowest BCUT2D eigenvalue weighted by Gasteiger charge is -2.25. The highest BCUT2D eigenvalue weighted by atomic mass is 79.9. The van der Waals surface area contributed by atoms with Crippen LogP contribution in [0.2, 0.25) is 0 Å². The molecular formula is C13H17BrFNS. The Kier molecular flexibility index (Phi) is 4.88. The molecule has 0 radical (unpaired) electrons. The maximum atomic E-state index is 14.1. The molecule has 0 bridgehead atoms. The Morgan fingerprint density at radius 1 is 1.59 bits per heavy atom. The van der Waals surface area contributed by atoms with E-state index in [2.05, 4.69) is 28.2 Å². The van der Waals surface area contributed by atoms with E-state index in [0.29, 0.717) is 10.4 Å². The van der Waals surface area contributed by atoms with Gasteiger partial charge < -0.3 is 5.32 Å². The number of benzene rings is 1. The lowest BCUT2D eigenvalue weighted by atomic mass is 9.92. The van der Waals surface area contributed by atoms with Gasteiger partial charge in [0, 0.05) is 11.6 Å². The maximum absolute atomic E-state index is 14.1. The fourth-order valence-corrected chi connectivity index (χ4v) is 4.01. The third-order valence-corrected chi connectivity index (χ3v) is 4.98. The molecule has 2 rings (SSSR count). The van der Waals surface area contributed by atoms with Crippen LogP contribution >= 0.6 is 27.7 Å². The standard InChI is InChI=1S/C13H17BrFNS/c1-2-16-13(9-6-7-17-8-9)10-4-3-5-11(14)12(10)15/h3-5,9,13,16H,2,6-8H2,1H3. The normalized spacial score (nSPS) is 21.7. The van der Waals surface area contributed by atoms with Gasteiger partial charge in [0.15, 0.2) is 0 Å². The molecule has 0 aliphatic carbocycles. The van der Waals surface area contributed by atoms with Crippen LogP contribution in [-0.4, -0.2) is 18.1 Å². The largest absolute Gasteiger partial charge is 0.310 e. The molecule has 2 unspecified atom stereocenters. The minimum absolute atomic E-state index is 0.115. The summed E-state index contributed by atoms with van der Waals surface area (Å²) in [4.78, 5) is 0. The molecule has 0 amide bonds. The molecule has 1 heterocycles. The zero-order chi connectivity index (χ0) is 12.3. The van der Waals surface area contributed by atoms with Gasteiger partial charge >= 0.3 is 0 Å². The highest BCUT2D eigenvalue weighted by Gasteiger charge is 2.28. The minimum Gasteiger partial charge on any atom is -0.310 e. The third kappa shape index (κ3) is 3.04. The first-order chi connectivity index (χ1) is 8.24. The quantitative estimate of drug-likeness (QED) is 0.901. The van der Waals surface area contributed by atoms with Crippen LogP contribution in [0.3, 0.4) is 0 Å². The van der Waals surface area contributed by atoms with Crippen molar-refractivity contribution in [2.24, 2.45) is 5.92 Å². The lowest BCUT2D eigenvalue weighted by molar-refractivity contribution is 0.387. The second-order valence-corrected chi connectivity index (χ2v) is 6.31. The lowest BCUT2D eigenvalue weighted by Crippen LogP contribution is -2.29. The van der Waals surface area contributed by atoms with Crippen molar-refractivity contribution in [1.82, 2.24) is 5.32 Å². The van der Waals surface area contributed by atoms with Crippen LogP contribution in [0.1, 0.15) is 24.9 Å². The van der Waals surface area contributed by atoms with E-state index in [1.54, 1.807) is 6.07 Å². The van der Waals surface area contributed by atoms with Gasteiger partial charge in [0.05, 0.1) is 4.47 Å². The van der Waals surface area contributed by atoms with E-state index in [9.17, 15) is 4.39 Å². The average molecular weight is 318 g/mol. The Balaban J connectivity index is 2.27. The molecule has 17 heavy (non-hydrogen) atoms. The van der Waals surface area contributed by atoms with Crippen molar-refractivity contribution in [3.63, 3.8) is 0 Å². The Morgan fingerprint density at radius 2 is 2.41 bits per heavy atom. The van der Waals surface area contributed by atoms with Gasteiger partial charge in [-0.05, 0) is 52.4 Å². The van der Waals surface area contributed by atoms with E-state index in [1.165, 1.54) is 12.2 Å². The van der Waals surface area contributed by atoms with Crippen LogP contribution in [0.5, 0.6) is 0 Å². The summed E-state index contributed by atoms with van der Waals surface area (Å²) in [6, 6.07) is 5.71. The van der Waals surface area contributed by atoms with Crippen molar-refractivity contribution in [2.45, 2.75) is 19.4 Å². The summed E-state index contributed by atoms with van der Waals surface area (Å²) in [5.74, 6) is 2.75. The molecule has 0 spiro atoms. The Morgan fingerprint density at radius 3 is 3.06 bits per heavy atom. The molecule has 1 aliphatic rings. The molecule has 1 N–H and O–H groups in total. The number of nitrogens with one attached hydrogen (secondary N) is 1. The summed E-state index contributed by atoms with van der Waals surface area (Å²) in [5.41, 5.74) is 0.800. The van der Waals surface area contributed by atoms with E-state index >= 15 is 0 Å². The van der Waals surface area contributed by atoms with E-state index in [1.807, 2.05) is 23.9 Å². The summed E-state index contributed by atoms with van der Waals surface area (Å²) >= 11 is 5.23. The first-order valence-corrected chi connectivity index (χ1v) is 7.93. The first kappa shape index (κ1) is 13.4. The molecule has 1 aromatic rings. The second kappa shape index (κ2) is 6.21. The van der Waals surface area contributed by atoms with Gasteiger partial charge in [0.2, 0.25) is 0 Å². The summed E-state index contributed by atoms with van der Waals surface area (Å²) in [7, 11) is 0.